The number of hydrogen-bond acceptors (Lipinski definition) is 2. The standard InChI is InChI=1S/C18H20N2O/c1-13-6-2-3-7-15(13)16-8-4-5-9-17(16)18(21)20-11-10-14(20)12-19/h2-9,14H,10-12,19H2,1H3. The molecule has 0 bridgehead atoms. The van der Waals surface area contributed by atoms with E-state index >= 15 is 0 Å². The second-order valence-corrected chi connectivity index (χ2v) is 5.54. The van der Waals surface area contributed by atoms with E-state index in [4.69, 9.17) is 5.73 Å². The number of likely N-dealkylation sites (tertiary alicyclic amines) is 1. The van der Waals surface area contributed by atoms with Crippen LogP contribution in [0.3, 0.4) is 0 Å². The quantitative estimate of drug-likeness (QED) is 0.939. The Bertz CT molecular complexity index is 664. The van der Waals surface area contributed by atoms with Crippen molar-refractivity contribution < 1.29 is 4.79 Å². The van der Waals surface area contributed by atoms with E-state index in [-0.39, 0.29) is 11.9 Å². The molecule has 0 saturated carbocycles. The van der Waals surface area contributed by atoms with Crippen LogP contribution in [0.4, 0.5) is 0 Å². The minimum Gasteiger partial charge on any atom is -0.334 e. The molecule has 0 aliphatic carbocycles. The van der Waals surface area contributed by atoms with E-state index in [9.17, 15) is 4.79 Å². The SMILES string of the molecule is Cc1ccccc1-c1ccccc1C(=O)N1CCC1CN. The second-order valence-electron chi connectivity index (χ2n) is 5.54. The molecular weight excluding hydrogens is 260 g/mol. The number of nitrogens with zero attached hydrogens (tertiary/aromatic N) is 1. The van der Waals surface area contributed by atoms with Gasteiger partial charge in [0.2, 0.25) is 0 Å². The molecule has 0 spiro atoms. The molecule has 1 aliphatic rings. The first-order valence-corrected chi connectivity index (χ1v) is 7.38. The third kappa shape index (κ3) is 2.45. The van der Waals surface area contributed by atoms with Crippen LogP contribution in [0.15, 0.2) is 48.5 Å². The van der Waals surface area contributed by atoms with E-state index < -0.39 is 0 Å². The van der Waals surface area contributed by atoms with Crippen molar-refractivity contribution in [1.29, 1.82) is 0 Å². The fourth-order valence-corrected chi connectivity index (χ4v) is 2.89. The lowest BCUT2D eigenvalue weighted by Crippen LogP contribution is -2.54. The molecule has 2 aromatic rings. The van der Waals surface area contributed by atoms with Crippen molar-refractivity contribution in [2.45, 2.75) is 19.4 Å². The van der Waals surface area contributed by atoms with Gasteiger partial charge < -0.3 is 10.6 Å². The average Bonchev–Trinajstić information content (AvgIpc) is 2.47. The van der Waals surface area contributed by atoms with Crippen LogP contribution in [-0.4, -0.2) is 29.9 Å². The van der Waals surface area contributed by atoms with Gasteiger partial charge in [0.1, 0.15) is 0 Å². The van der Waals surface area contributed by atoms with Crippen molar-refractivity contribution in [3.8, 4) is 11.1 Å². The number of rotatable bonds is 3. The zero-order valence-corrected chi connectivity index (χ0v) is 12.3. The van der Waals surface area contributed by atoms with Crippen LogP contribution >= 0.6 is 0 Å². The molecule has 1 saturated heterocycles. The molecule has 1 unspecified atom stereocenters. The van der Waals surface area contributed by atoms with Gasteiger partial charge in [-0.3, -0.25) is 4.79 Å². The van der Waals surface area contributed by atoms with E-state index in [2.05, 4.69) is 19.1 Å². The molecule has 1 amide bonds. The highest BCUT2D eigenvalue weighted by Crippen LogP contribution is 2.29. The monoisotopic (exact) mass is 280 g/mol. The number of hydrogen-bond donors (Lipinski definition) is 1. The van der Waals surface area contributed by atoms with E-state index in [1.54, 1.807) is 0 Å². The maximum absolute atomic E-state index is 12.8. The highest BCUT2D eigenvalue weighted by atomic mass is 16.2. The van der Waals surface area contributed by atoms with E-state index in [1.807, 2.05) is 41.3 Å². The van der Waals surface area contributed by atoms with Crippen molar-refractivity contribution in [2.24, 2.45) is 5.73 Å². The Morgan fingerprint density at radius 3 is 2.43 bits per heavy atom. The van der Waals surface area contributed by atoms with Gasteiger partial charge in [0.15, 0.2) is 0 Å². The van der Waals surface area contributed by atoms with Crippen molar-refractivity contribution in [2.75, 3.05) is 13.1 Å². The maximum Gasteiger partial charge on any atom is 0.254 e. The second kappa shape index (κ2) is 5.70. The van der Waals surface area contributed by atoms with Gasteiger partial charge in [-0.2, -0.15) is 0 Å². The van der Waals surface area contributed by atoms with Crippen molar-refractivity contribution >= 4 is 5.91 Å². The Morgan fingerprint density at radius 2 is 1.81 bits per heavy atom. The molecular formula is C18H20N2O. The molecule has 1 atom stereocenters. The minimum atomic E-state index is 0.0931. The van der Waals surface area contributed by atoms with Gasteiger partial charge in [-0.15, -0.1) is 0 Å². The van der Waals surface area contributed by atoms with Crippen LogP contribution < -0.4 is 5.73 Å². The minimum absolute atomic E-state index is 0.0931. The summed E-state index contributed by atoms with van der Waals surface area (Å²) in [7, 11) is 0. The summed E-state index contributed by atoms with van der Waals surface area (Å²) in [5.41, 5.74) is 9.79. The number of benzene rings is 2. The topological polar surface area (TPSA) is 46.3 Å². The average molecular weight is 280 g/mol. The van der Waals surface area contributed by atoms with Crippen LogP contribution in [0.2, 0.25) is 0 Å². The van der Waals surface area contributed by atoms with Crippen LogP contribution in [0.25, 0.3) is 11.1 Å². The summed E-state index contributed by atoms with van der Waals surface area (Å²) in [6.07, 6.45) is 1.01. The third-order valence-corrected chi connectivity index (χ3v) is 4.27. The molecule has 1 fully saturated rings. The first-order chi connectivity index (χ1) is 10.2. The van der Waals surface area contributed by atoms with Gasteiger partial charge >= 0.3 is 0 Å². The fraction of sp³-hybridized carbons (Fsp3) is 0.278. The van der Waals surface area contributed by atoms with Gasteiger partial charge in [-0.1, -0.05) is 42.5 Å². The summed E-state index contributed by atoms with van der Waals surface area (Å²) in [5, 5.41) is 0. The van der Waals surface area contributed by atoms with Crippen LogP contribution in [-0.2, 0) is 0 Å². The Balaban J connectivity index is 2.01. The molecule has 21 heavy (non-hydrogen) atoms. The molecule has 3 rings (SSSR count). The lowest BCUT2D eigenvalue weighted by Gasteiger charge is -2.40. The molecule has 108 valence electrons. The van der Waals surface area contributed by atoms with Gasteiger partial charge in [-0.25, -0.2) is 0 Å². The smallest absolute Gasteiger partial charge is 0.254 e. The fourth-order valence-electron chi connectivity index (χ4n) is 2.89. The van der Waals surface area contributed by atoms with Crippen LogP contribution in [0, 0.1) is 6.92 Å². The lowest BCUT2D eigenvalue weighted by atomic mass is 9.93. The highest BCUT2D eigenvalue weighted by molar-refractivity contribution is 6.01. The summed E-state index contributed by atoms with van der Waals surface area (Å²) in [5.74, 6) is 0.0931. The summed E-state index contributed by atoms with van der Waals surface area (Å²) in [6.45, 7) is 3.42. The van der Waals surface area contributed by atoms with Crippen molar-refractivity contribution in [3.05, 3.63) is 59.7 Å². The van der Waals surface area contributed by atoms with Crippen molar-refractivity contribution in [1.82, 2.24) is 4.90 Å². The first-order valence-electron chi connectivity index (χ1n) is 7.38. The van der Waals surface area contributed by atoms with Gasteiger partial charge in [0.05, 0.1) is 0 Å². The predicted octanol–water partition coefficient (Wildman–Crippen LogP) is 2.84. The van der Waals surface area contributed by atoms with Gasteiger partial charge in [0, 0.05) is 24.7 Å². The predicted molar refractivity (Wildman–Crippen MR) is 85.1 cm³/mol. The number of aryl methyl sites for hydroxylation is 1. The Labute approximate surface area is 125 Å². The van der Waals surface area contributed by atoms with Gasteiger partial charge in [0.25, 0.3) is 5.91 Å². The summed E-state index contributed by atoms with van der Waals surface area (Å²) >= 11 is 0. The number of carbonyl (C=O) groups excluding carboxylic acids is 1. The normalized spacial score (nSPS) is 17.4. The molecule has 3 nitrogen and oxygen atoms in total. The van der Waals surface area contributed by atoms with E-state index in [0.29, 0.717) is 6.54 Å². The van der Waals surface area contributed by atoms with E-state index in [1.165, 1.54) is 5.56 Å². The molecule has 0 radical (unpaired) electrons. The lowest BCUT2D eigenvalue weighted by molar-refractivity contribution is 0.0482. The van der Waals surface area contributed by atoms with Crippen molar-refractivity contribution in [3.63, 3.8) is 0 Å². The maximum atomic E-state index is 12.8. The molecule has 1 aliphatic heterocycles. The van der Waals surface area contributed by atoms with Crippen LogP contribution in [0.5, 0.6) is 0 Å². The number of nitrogens with two attached hydrogens (primary N) is 1. The van der Waals surface area contributed by atoms with E-state index in [0.717, 1.165) is 29.7 Å². The van der Waals surface area contributed by atoms with Gasteiger partial charge in [-0.05, 0) is 36.1 Å². The summed E-state index contributed by atoms with van der Waals surface area (Å²) in [4.78, 5) is 14.7. The summed E-state index contributed by atoms with van der Waals surface area (Å²) in [6, 6.07) is 16.2. The zero-order chi connectivity index (χ0) is 14.8. The molecule has 0 aromatic heterocycles. The highest BCUT2D eigenvalue weighted by Gasteiger charge is 2.32. The molecule has 2 N–H and O–H groups in total. The Kier molecular flexibility index (Phi) is 3.76. The molecule has 1 heterocycles. The molecule has 3 heteroatoms. The molecule has 2 aromatic carbocycles. The van der Waals surface area contributed by atoms with Crippen LogP contribution in [0.1, 0.15) is 22.3 Å². The first kappa shape index (κ1) is 13.8. The third-order valence-electron chi connectivity index (χ3n) is 4.27. The number of amides is 1. The zero-order valence-electron chi connectivity index (χ0n) is 12.3. The largest absolute Gasteiger partial charge is 0.334 e. The number of carbonyl (C=O) groups is 1. The summed E-state index contributed by atoms with van der Waals surface area (Å²) < 4.78 is 0. The Morgan fingerprint density at radius 1 is 1.14 bits per heavy atom. The Hall–Kier alpha value is -2.13.